The first-order valence-corrected chi connectivity index (χ1v) is 5.55. The summed E-state index contributed by atoms with van der Waals surface area (Å²) in [5.74, 6) is 6.25. The molecule has 0 aliphatic carbocycles. The minimum atomic E-state index is 0.394. The monoisotopic (exact) mass is 279 g/mol. The first kappa shape index (κ1) is 10.9. The number of nitrogen functional groups attached to an aromatic ring is 1. The van der Waals surface area contributed by atoms with Crippen LogP contribution in [0.1, 0.15) is 13.3 Å². The summed E-state index contributed by atoms with van der Waals surface area (Å²) in [6, 6.07) is 0. The Labute approximate surface area is 101 Å². The number of imidazole rings is 1. The Morgan fingerprint density at radius 1 is 1.50 bits per heavy atom. The van der Waals surface area contributed by atoms with Crippen molar-refractivity contribution in [2.75, 3.05) is 5.73 Å². The summed E-state index contributed by atoms with van der Waals surface area (Å²) in [6.07, 6.45) is 2.19. The van der Waals surface area contributed by atoms with E-state index >= 15 is 0 Å². The van der Waals surface area contributed by atoms with Crippen molar-refractivity contribution in [3.63, 3.8) is 0 Å². The molecule has 2 heterocycles. The molecular weight excluding hydrogens is 270 g/mol. The average molecular weight is 280 g/mol. The van der Waals surface area contributed by atoms with Crippen LogP contribution in [0.25, 0.3) is 11.2 Å². The number of fused-ring (bicyclic) bond motifs is 1. The Bertz CT molecular complexity index is 578. The SMILES string of the molecule is CC#CCCn1c(Br)nc2c(N)ncnc21. The Balaban J connectivity index is 2.46. The molecule has 5 nitrogen and oxygen atoms in total. The zero-order valence-electron chi connectivity index (χ0n) is 8.74. The highest BCUT2D eigenvalue weighted by Crippen LogP contribution is 2.21. The van der Waals surface area contributed by atoms with Crippen LogP contribution in [-0.4, -0.2) is 19.5 Å². The van der Waals surface area contributed by atoms with Crippen LogP contribution in [0.3, 0.4) is 0 Å². The topological polar surface area (TPSA) is 69.6 Å². The summed E-state index contributed by atoms with van der Waals surface area (Å²) in [5, 5.41) is 0. The van der Waals surface area contributed by atoms with Gasteiger partial charge < -0.3 is 10.3 Å². The second-order valence-corrected chi connectivity index (χ2v) is 3.85. The zero-order valence-corrected chi connectivity index (χ0v) is 10.3. The fraction of sp³-hybridized carbons (Fsp3) is 0.300. The number of hydrogen-bond acceptors (Lipinski definition) is 4. The van der Waals surface area contributed by atoms with Gasteiger partial charge in [-0.05, 0) is 22.9 Å². The summed E-state index contributed by atoms with van der Waals surface area (Å²) < 4.78 is 2.63. The van der Waals surface area contributed by atoms with Crippen LogP contribution in [0.5, 0.6) is 0 Å². The van der Waals surface area contributed by atoms with Crippen LogP contribution in [0.15, 0.2) is 11.1 Å². The van der Waals surface area contributed by atoms with E-state index in [9.17, 15) is 0 Å². The van der Waals surface area contributed by atoms with Crippen molar-refractivity contribution in [3.8, 4) is 11.8 Å². The molecule has 2 N–H and O–H groups in total. The highest BCUT2D eigenvalue weighted by atomic mass is 79.9. The Morgan fingerprint density at radius 3 is 3.06 bits per heavy atom. The molecule has 16 heavy (non-hydrogen) atoms. The number of hydrogen-bond donors (Lipinski definition) is 1. The maximum Gasteiger partial charge on any atom is 0.179 e. The van der Waals surface area contributed by atoms with E-state index in [1.54, 1.807) is 0 Å². The Kier molecular flexibility index (Phi) is 3.06. The summed E-state index contributed by atoms with van der Waals surface area (Å²) in [4.78, 5) is 12.3. The lowest BCUT2D eigenvalue weighted by atomic mass is 10.4. The molecule has 0 amide bonds. The maximum atomic E-state index is 5.72. The molecule has 0 atom stereocenters. The van der Waals surface area contributed by atoms with Crippen molar-refractivity contribution in [1.82, 2.24) is 19.5 Å². The highest BCUT2D eigenvalue weighted by Gasteiger charge is 2.11. The fourth-order valence-electron chi connectivity index (χ4n) is 1.42. The third kappa shape index (κ3) is 1.86. The number of nitrogens with zero attached hydrogens (tertiary/aromatic N) is 4. The predicted octanol–water partition coefficient (Wildman–Crippen LogP) is 1.58. The van der Waals surface area contributed by atoms with Crippen LogP contribution < -0.4 is 5.73 Å². The molecule has 0 unspecified atom stereocenters. The van der Waals surface area contributed by atoms with Crippen molar-refractivity contribution in [1.29, 1.82) is 0 Å². The summed E-state index contributed by atoms with van der Waals surface area (Å²) >= 11 is 3.38. The van der Waals surface area contributed by atoms with Gasteiger partial charge in [0.15, 0.2) is 21.7 Å². The minimum absolute atomic E-state index is 0.394. The molecule has 82 valence electrons. The molecule has 2 aromatic heterocycles. The van der Waals surface area contributed by atoms with Crippen LogP contribution in [0.4, 0.5) is 5.82 Å². The van der Waals surface area contributed by atoms with Gasteiger partial charge in [-0.25, -0.2) is 15.0 Å². The standard InChI is InChI=1S/C10H10BrN5/c1-2-3-4-5-16-9-7(15-10(16)11)8(12)13-6-14-9/h6H,4-5H2,1H3,(H2,12,13,14). The lowest BCUT2D eigenvalue weighted by Crippen LogP contribution is -2.00. The van der Waals surface area contributed by atoms with Gasteiger partial charge in [-0.3, -0.25) is 0 Å². The number of rotatable bonds is 2. The van der Waals surface area contributed by atoms with Gasteiger partial charge in [0.05, 0.1) is 0 Å². The Morgan fingerprint density at radius 2 is 2.31 bits per heavy atom. The van der Waals surface area contributed by atoms with Gasteiger partial charge in [0.1, 0.15) is 6.33 Å². The predicted molar refractivity (Wildman–Crippen MR) is 65.5 cm³/mol. The zero-order chi connectivity index (χ0) is 11.5. The molecule has 0 spiro atoms. The fourth-order valence-corrected chi connectivity index (χ4v) is 1.94. The van der Waals surface area contributed by atoms with Crippen molar-refractivity contribution in [2.45, 2.75) is 19.9 Å². The molecule has 0 radical (unpaired) electrons. The van der Waals surface area contributed by atoms with Crippen LogP contribution in [0, 0.1) is 11.8 Å². The first-order valence-electron chi connectivity index (χ1n) is 4.76. The van der Waals surface area contributed by atoms with E-state index in [-0.39, 0.29) is 0 Å². The van der Waals surface area contributed by atoms with Crippen molar-refractivity contribution < 1.29 is 0 Å². The second-order valence-electron chi connectivity index (χ2n) is 3.14. The number of nitrogens with two attached hydrogens (primary N) is 1. The average Bonchev–Trinajstić information content (AvgIpc) is 2.58. The Hall–Kier alpha value is -1.61. The van der Waals surface area contributed by atoms with E-state index in [0.717, 1.165) is 18.6 Å². The summed E-state index contributed by atoms with van der Waals surface area (Å²) in [7, 11) is 0. The summed E-state index contributed by atoms with van der Waals surface area (Å²) in [6.45, 7) is 2.55. The molecule has 0 saturated heterocycles. The number of halogens is 1. The van der Waals surface area contributed by atoms with E-state index in [1.807, 2.05) is 11.5 Å². The second kappa shape index (κ2) is 4.49. The van der Waals surface area contributed by atoms with Crippen molar-refractivity contribution >= 4 is 32.9 Å². The maximum absolute atomic E-state index is 5.72. The molecule has 0 aliphatic heterocycles. The van der Waals surface area contributed by atoms with Gasteiger partial charge in [-0.2, -0.15) is 0 Å². The first-order chi connectivity index (χ1) is 7.74. The van der Waals surface area contributed by atoms with E-state index in [2.05, 4.69) is 42.7 Å². The summed E-state index contributed by atoms with van der Waals surface area (Å²) in [5.41, 5.74) is 7.08. The lowest BCUT2D eigenvalue weighted by Gasteiger charge is -2.01. The van der Waals surface area contributed by atoms with Crippen molar-refractivity contribution in [2.24, 2.45) is 0 Å². The molecule has 0 fully saturated rings. The number of aryl methyl sites for hydroxylation is 1. The van der Waals surface area contributed by atoms with E-state index in [0.29, 0.717) is 16.1 Å². The normalized spacial score (nSPS) is 10.1. The van der Waals surface area contributed by atoms with Crippen LogP contribution >= 0.6 is 15.9 Å². The van der Waals surface area contributed by atoms with Gasteiger partial charge in [0.2, 0.25) is 0 Å². The van der Waals surface area contributed by atoms with Gasteiger partial charge >= 0.3 is 0 Å². The van der Waals surface area contributed by atoms with Gasteiger partial charge in [-0.1, -0.05) is 0 Å². The largest absolute Gasteiger partial charge is 0.382 e. The van der Waals surface area contributed by atoms with E-state index in [4.69, 9.17) is 5.73 Å². The molecule has 2 aromatic rings. The van der Waals surface area contributed by atoms with E-state index < -0.39 is 0 Å². The van der Waals surface area contributed by atoms with Crippen LogP contribution in [-0.2, 0) is 6.54 Å². The molecule has 0 bridgehead atoms. The van der Waals surface area contributed by atoms with Gasteiger partial charge in [0, 0.05) is 13.0 Å². The molecule has 6 heteroatoms. The minimum Gasteiger partial charge on any atom is -0.382 e. The third-order valence-corrected chi connectivity index (χ3v) is 2.76. The van der Waals surface area contributed by atoms with E-state index in [1.165, 1.54) is 6.33 Å². The highest BCUT2D eigenvalue weighted by molar-refractivity contribution is 9.10. The lowest BCUT2D eigenvalue weighted by molar-refractivity contribution is 0.715. The molecule has 2 rings (SSSR count). The molecule has 0 aromatic carbocycles. The number of anilines is 1. The van der Waals surface area contributed by atoms with Crippen molar-refractivity contribution in [3.05, 3.63) is 11.1 Å². The molecule has 0 aliphatic rings. The quantitative estimate of drug-likeness (QED) is 0.670. The number of aromatic nitrogens is 4. The third-order valence-electron chi connectivity index (χ3n) is 2.15. The molecule has 0 saturated carbocycles. The smallest absolute Gasteiger partial charge is 0.179 e. The molecular formula is C10H10BrN5. The van der Waals surface area contributed by atoms with Gasteiger partial charge in [-0.15, -0.1) is 11.8 Å². The van der Waals surface area contributed by atoms with Gasteiger partial charge in [0.25, 0.3) is 0 Å². The van der Waals surface area contributed by atoms with Crippen LogP contribution in [0.2, 0.25) is 0 Å².